The summed E-state index contributed by atoms with van der Waals surface area (Å²) in [4.78, 5) is 0. The Labute approximate surface area is 82.4 Å². The monoisotopic (exact) mass is 202 g/mol. The van der Waals surface area contributed by atoms with Gasteiger partial charge in [0, 0.05) is 13.0 Å². The summed E-state index contributed by atoms with van der Waals surface area (Å²) in [7, 11) is -0.826. The zero-order valence-electron chi connectivity index (χ0n) is 8.75. The molecule has 3 nitrogen and oxygen atoms in total. The molecule has 1 rings (SSSR count). The van der Waals surface area contributed by atoms with Gasteiger partial charge in [0.15, 0.2) is 0 Å². The summed E-state index contributed by atoms with van der Waals surface area (Å²) in [6.07, 6.45) is 4.27. The van der Waals surface area contributed by atoms with Gasteiger partial charge in [-0.1, -0.05) is 13.1 Å². The maximum Gasteiger partial charge on any atom is 0.0696 e. The van der Waals surface area contributed by atoms with Crippen molar-refractivity contribution in [2.75, 3.05) is 6.61 Å². The van der Waals surface area contributed by atoms with E-state index in [9.17, 15) is 0 Å². The van der Waals surface area contributed by atoms with E-state index in [1.165, 1.54) is 19.3 Å². The molecule has 1 aliphatic heterocycles. The van der Waals surface area contributed by atoms with E-state index < -0.39 is 8.80 Å². The van der Waals surface area contributed by atoms with E-state index in [0.717, 1.165) is 13.0 Å². The molecule has 1 heterocycles. The minimum atomic E-state index is -0.826. The lowest BCUT2D eigenvalue weighted by Gasteiger charge is -2.41. The van der Waals surface area contributed by atoms with Gasteiger partial charge < -0.3 is 16.2 Å². The number of nitrogens with two attached hydrogens (primary N) is 2. The molecule has 1 saturated heterocycles. The minimum Gasteiger partial charge on any atom is -0.379 e. The van der Waals surface area contributed by atoms with Crippen LogP contribution in [0, 0.1) is 0 Å². The van der Waals surface area contributed by atoms with E-state index >= 15 is 0 Å². The Hall–Kier alpha value is 0.0969. The molecular weight excluding hydrogens is 180 g/mol. The molecule has 78 valence electrons. The number of hydrogen-bond donors (Lipinski definition) is 2. The Morgan fingerprint density at radius 3 is 2.46 bits per heavy atom. The Balaban J connectivity index is 2.61. The Morgan fingerprint density at radius 1 is 1.38 bits per heavy atom. The van der Waals surface area contributed by atoms with Gasteiger partial charge in [0.25, 0.3) is 0 Å². The van der Waals surface area contributed by atoms with E-state index in [-0.39, 0.29) is 11.4 Å². The predicted octanol–water partition coefficient (Wildman–Crippen LogP) is 0.585. The van der Waals surface area contributed by atoms with Crippen LogP contribution in [0.1, 0.15) is 25.7 Å². The highest BCUT2D eigenvalue weighted by atomic mass is 28.3. The topological polar surface area (TPSA) is 61.3 Å². The van der Waals surface area contributed by atoms with Crippen molar-refractivity contribution in [3.8, 4) is 0 Å². The van der Waals surface area contributed by atoms with E-state index in [1.807, 2.05) is 0 Å². The SMILES string of the molecule is C[SiH](C)C1(CC(N)N)CCCCO1. The predicted molar refractivity (Wildman–Crippen MR) is 58.2 cm³/mol. The number of rotatable bonds is 3. The quantitative estimate of drug-likeness (QED) is 0.520. The standard InChI is InChI=1S/C9H22N2OSi/c1-13(2)9(7-8(10)11)5-3-4-6-12-9/h8,13H,3-7,10-11H2,1-2H3. The fourth-order valence-electron chi connectivity index (χ4n) is 2.12. The molecule has 0 aromatic heterocycles. The van der Waals surface area contributed by atoms with Crippen molar-refractivity contribution < 1.29 is 4.74 Å². The lowest BCUT2D eigenvalue weighted by atomic mass is 10.0. The first-order valence-corrected chi connectivity index (χ1v) is 8.10. The fourth-order valence-corrected chi connectivity index (χ4v) is 4.10. The molecule has 0 saturated carbocycles. The van der Waals surface area contributed by atoms with Crippen molar-refractivity contribution in [1.29, 1.82) is 0 Å². The highest BCUT2D eigenvalue weighted by Gasteiger charge is 2.37. The van der Waals surface area contributed by atoms with E-state index in [1.54, 1.807) is 0 Å². The zero-order chi connectivity index (χ0) is 9.90. The van der Waals surface area contributed by atoms with Gasteiger partial charge in [-0.3, -0.25) is 0 Å². The van der Waals surface area contributed by atoms with Crippen LogP contribution >= 0.6 is 0 Å². The van der Waals surface area contributed by atoms with Crippen LogP contribution < -0.4 is 11.5 Å². The molecule has 13 heavy (non-hydrogen) atoms. The van der Waals surface area contributed by atoms with Crippen LogP contribution in [0.25, 0.3) is 0 Å². The van der Waals surface area contributed by atoms with Crippen molar-refractivity contribution in [3.05, 3.63) is 0 Å². The average molecular weight is 202 g/mol. The fraction of sp³-hybridized carbons (Fsp3) is 1.00. The zero-order valence-corrected chi connectivity index (χ0v) is 9.91. The summed E-state index contributed by atoms with van der Waals surface area (Å²) in [6, 6.07) is 0. The van der Waals surface area contributed by atoms with Crippen LogP contribution in [0.15, 0.2) is 0 Å². The first-order chi connectivity index (χ1) is 6.07. The maximum atomic E-state index is 5.94. The summed E-state index contributed by atoms with van der Waals surface area (Å²) in [6.45, 7) is 5.55. The van der Waals surface area contributed by atoms with E-state index in [4.69, 9.17) is 16.2 Å². The largest absolute Gasteiger partial charge is 0.379 e. The van der Waals surface area contributed by atoms with Crippen molar-refractivity contribution in [2.45, 2.75) is 50.2 Å². The summed E-state index contributed by atoms with van der Waals surface area (Å²) in [5, 5.41) is 0.0897. The van der Waals surface area contributed by atoms with Crippen molar-refractivity contribution in [1.82, 2.24) is 0 Å². The molecule has 0 aliphatic carbocycles. The van der Waals surface area contributed by atoms with Crippen molar-refractivity contribution in [2.24, 2.45) is 11.5 Å². The third-order valence-corrected chi connectivity index (χ3v) is 5.81. The highest BCUT2D eigenvalue weighted by Crippen LogP contribution is 2.31. The Kier molecular flexibility index (Phi) is 3.91. The number of ether oxygens (including phenoxy) is 1. The lowest BCUT2D eigenvalue weighted by Crippen LogP contribution is -2.52. The Bertz CT molecular complexity index is 156. The molecule has 0 spiro atoms. The van der Waals surface area contributed by atoms with Crippen LogP contribution in [-0.4, -0.2) is 26.8 Å². The third kappa shape index (κ3) is 2.77. The second-order valence-electron chi connectivity index (χ2n) is 4.39. The van der Waals surface area contributed by atoms with Crippen LogP contribution in [0.4, 0.5) is 0 Å². The summed E-state index contributed by atoms with van der Waals surface area (Å²) < 4.78 is 5.94. The third-order valence-electron chi connectivity index (χ3n) is 3.02. The van der Waals surface area contributed by atoms with Crippen LogP contribution in [-0.2, 0) is 4.74 Å². The van der Waals surface area contributed by atoms with Crippen LogP contribution in [0.5, 0.6) is 0 Å². The van der Waals surface area contributed by atoms with Gasteiger partial charge in [-0.05, 0) is 19.3 Å². The van der Waals surface area contributed by atoms with Gasteiger partial charge >= 0.3 is 0 Å². The maximum absolute atomic E-state index is 5.94. The summed E-state index contributed by atoms with van der Waals surface area (Å²) in [5.74, 6) is 0. The normalized spacial score (nSPS) is 30.0. The molecule has 0 bridgehead atoms. The second-order valence-corrected chi connectivity index (χ2v) is 7.75. The minimum absolute atomic E-state index is 0.0897. The molecule has 4 N–H and O–H groups in total. The van der Waals surface area contributed by atoms with Gasteiger partial charge in [0.1, 0.15) is 0 Å². The molecule has 1 fully saturated rings. The Morgan fingerprint density at radius 2 is 2.08 bits per heavy atom. The molecule has 0 radical (unpaired) electrons. The van der Waals surface area contributed by atoms with E-state index in [2.05, 4.69) is 13.1 Å². The highest BCUT2D eigenvalue weighted by molar-refractivity contribution is 6.59. The molecule has 1 aliphatic rings. The van der Waals surface area contributed by atoms with Gasteiger partial charge in [0.05, 0.1) is 20.2 Å². The smallest absolute Gasteiger partial charge is 0.0696 e. The van der Waals surface area contributed by atoms with Gasteiger partial charge in [-0.2, -0.15) is 0 Å². The lowest BCUT2D eigenvalue weighted by molar-refractivity contribution is -0.0311. The molecule has 1 atom stereocenters. The van der Waals surface area contributed by atoms with Crippen LogP contribution in [0.3, 0.4) is 0 Å². The molecule has 0 aromatic carbocycles. The van der Waals surface area contributed by atoms with Gasteiger partial charge in [-0.25, -0.2) is 0 Å². The molecule has 0 amide bonds. The van der Waals surface area contributed by atoms with Gasteiger partial charge in [0.2, 0.25) is 0 Å². The first-order valence-electron chi connectivity index (χ1n) is 5.22. The van der Waals surface area contributed by atoms with Crippen molar-refractivity contribution >= 4 is 8.80 Å². The van der Waals surface area contributed by atoms with Gasteiger partial charge in [-0.15, -0.1) is 0 Å². The van der Waals surface area contributed by atoms with Crippen molar-refractivity contribution in [3.63, 3.8) is 0 Å². The average Bonchev–Trinajstić information content (AvgIpc) is 2.04. The molecular formula is C9H22N2OSi. The van der Waals surface area contributed by atoms with Crippen LogP contribution in [0.2, 0.25) is 13.1 Å². The second kappa shape index (κ2) is 4.55. The first kappa shape index (κ1) is 11.2. The summed E-state index contributed by atoms with van der Waals surface area (Å²) in [5.41, 5.74) is 11.3. The molecule has 4 heteroatoms. The summed E-state index contributed by atoms with van der Waals surface area (Å²) >= 11 is 0. The number of hydrogen-bond acceptors (Lipinski definition) is 3. The molecule has 0 aromatic rings. The molecule has 1 unspecified atom stereocenters. The van der Waals surface area contributed by atoms with E-state index in [0.29, 0.717) is 0 Å².